The Morgan fingerprint density at radius 2 is 0.793 bits per heavy atom. The Balaban J connectivity index is 2.58. The van der Waals surface area contributed by atoms with Gasteiger partial charge in [-0.2, -0.15) is 0 Å². The van der Waals surface area contributed by atoms with Gasteiger partial charge in [-0.05, 0) is 103 Å². The van der Waals surface area contributed by atoms with Crippen molar-refractivity contribution in [3.63, 3.8) is 0 Å². The topological polar surface area (TPSA) is 175 Å². The summed E-state index contributed by atoms with van der Waals surface area (Å²) in [6.45, 7) is 5.77. The highest BCUT2D eigenvalue weighted by atomic mass is 16.7. The van der Waals surface area contributed by atoms with Gasteiger partial charge in [0.05, 0.1) is 25.4 Å². The van der Waals surface area contributed by atoms with Crippen molar-refractivity contribution in [1.82, 2.24) is 5.32 Å². The average molecular weight is 1220 g/mol. The van der Waals surface area contributed by atoms with Gasteiger partial charge in [-0.3, -0.25) is 9.59 Å². The zero-order chi connectivity index (χ0) is 63.1. The number of ether oxygens (including phenoxy) is 3. The molecule has 8 atom stereocenters. The largest absolute Gasteiger partial charge is 0.454 e. The Hall–Kier alpha value is -3.16. The fourth-order valence-corrected chi connectivity index (χ4v) is 11.0. The fraction of sp³-hybridized carbons (Fsp3) is 0.789. The highest BCUT2D eigenvalue weighted by molar-refractivity contribution is 5.80. The van der Waals surface area contributed by atoms with Gasteiger partial charge < -0.3 is 45.1 Å². The number of unbranched alkanes of at least 4 members (excludes halogenated alkanes) is 36. The molecule has 0 aromatic carbocycles. The summed E-state index contributed by atoms with van der Waals surface area (Å²) in [5, 5.41) is 57.3. The summed E-state index contributed by atoms with van der Waals surface area (Å²) in [7, 11) is 0. The maximum absolute atomic E-state index is 13.5. The van der Waals surface area contributed by atoms with E-state index in [2.05, 4.69) is 99.0 Å². The number of nitrogens with one attached hydrogen (secondary N) is 1. The molecule has 0 bridgehead atoms. The van der Waals surface area contributed by atoms with E-state index in [0.717, 1.165) is 96.3 Å². The van der Waals surface area contributed by atoms with Gasteiger partial charge in [-0.1, -0.05) is 298 Å². The third-order valence-corrected chi connectivity index (χ3v) is 16.8. The van der Waals surface area contributed by atoms with Crippen LogP contribution in [0.3, 0.4) is 0 Å². The summed E-state index contributed by atoms with van der Waals surface area (Å²) in [6, 6.07) is -1.03. The maximum atomic E-state index is 13.5. The van der Waals surface area contributed by atoms with Crippen LogP contribution < -0.4 is 5.32 Å². The number of esters is 1. The first-order chi connectivity index (χ1) is 42.7. The maximum Gasteiger partial charge on any atom is 0.306 e. The Bertz CT molecular complexity index is 1740. The Kier molecular flexibility index (Phi) is 59.3. The fourth-order valence-electron chi connectivity index (χ4n) is 11.0. The summed E-state index contributed by atoms with van der Waals surface area (Å²) in [6.07, 6.45) is 73.2. The summed E-state index contributed by atoms with van der Waals surface area (Å²) >= 11 is 0. The smallest absolute Gasteiger partial charge is 0.306 e. The SMILES string of the molecule is CCCCC/C=C\C/C=C\C/C=C\CCCCCCCCCCCCCCC(=O)OC1C(OCC(NC(=O)C(O)CCCCCCCCC/C=C\C/C=C\C/C=C\CCCCC)C(O)/C=C/CCCCCCCCCCCCC)OC(CO)C(O)C1O. The molecule has 1 fully saturated rings. The van der Waals surface area contributed by atoms with Gasteiger partial charge in [0, 0.05) is 6.42 Å². The van der Waals surface area contributed by atoms with Crippen molar-refractivity contribution >= 4 is 11.9 Å². The molecule has 1 amide bonds. The third-order valence-electron chi connectivity index (χ3n) is 16.8. The van der Waals surface area contributed by atoms with Crippen molar-refractivity contribution in [2.24, 2.45) is 0 Å². The second-order valence-electron chi connectivity index (χ2n) is 25.0. The van der Waals surface area contributed by atoms with E-state index < -0.39 is 67.4 Å². The van der Waals surface area contributed by atoms with Crippen LogP contribution in [0, 0.1) is 0 Å². The van der Waals surface area contributed by atoms with Crippen LogP contribution in [-0.4, -0.2) is 99.6 Å². The minimum Gasteiger partial charge on any atom is -0.454 e. The number of hydrogen-bond acceptors (Lipinski definition) is 10. The third kappa shape index (κ3) is 50.2. The van der Waals surface area contributed by atoms with Crippen molar-refractivity contribution in [2.45, 2.75) is 372 Å². The molecule has 1 aliphatic heterocycles. The first-order valence-electron chi connectivity index (χ1n) is 36.4. The summed E-state index contributed by atoms with van der Waals surface area (Å²) < 4.78 is 17.7. The molecule has 0 aromatic rings. The van der Waals surface area contributed by atoms with Crippen LogP contribution in [0.5, 0.6) is 0 Å². The minimum absolute atomic E-state index is 0.118. The molecule has 0 aromatic heterocycles. The van der Waals surface area contributed by atoms with E-state index in [1.165, 1.54) is 180 Å². The molecule has 11 heteroatoms. The van der Waals surface area contributed by atoms with Gasteiger partial charge >= 0.3 is 5.97 Å². The average Bonchev–Trinajstić information content (AvgIpc) is 2.32. The molecule has 0 spiro atoms. The number of carbonyl (C=O) groups is 2. The van der Waals surface area contributed by atoms with E-state index in [0.29, 0.717) is 12.8 Å². The molecule has 1 aliphatic rings. The van der Waals surface area contributed by atoms with E-state index >= 15 is 0 Å². The first-order valence-corrected chi connectivity index (χ1v) is 36.4. The molecular formula is C76H135NO10. The molecular weight excluding hydrogens is 1090 g/mol. The molecule has 1 saturated heterocycles. The van der Waals surface area contributed by atoms with E-state index in [1.807, 2.05) is 6.08 Å². The van der Waals surface area contributed by atoms with Crippen molar-refractivity contribution < 1.29 is 49.3 Å². The molecule has 11 nitrogen and oxygen atoms in total. The predicted octanol–water partition coefficient (Wildman–Crippen LogP) is 18.8. The molecule has 0 radical (unpaired) electrons. The van der Waals surface area contributed by atoms with Gasteiger partial charge in [0.1, 0.15) is 24.4 Å². The lowest BCUT2D eigenvalue weighted by atomic mass is 9.99. The van der Waals surface area contributed by atoms with Gasteiger partial charge in [0.15, 0.2) is 12.4 Å². The van der Waals surface area contributed by atoms with Gasteiger partial charge in [-0.15, -0.1) is 0 Å². The molecule has 504 valence electrons. The number of rotatable bonds is 62. The van der Waals surface area contributed by atoms with Gasteiger partial charge in [-0.25, -0.2) is 0 Å². The highest BCUT2D eigenvalue weighted by Gasteiger charge is 2.47. The van der Waals surface area contributed by atoms with Crippen LogP contribution >= 0.6 is 0 Å². The lowest BCUT2D eigenvalue weighted by molar-refractivity contribution is -0.305. The van der Waals surface area contributed by atoms with Gasteiger partial charge in [0.2, 0.25) is 5.91 Å². The number of aliphatic hydroxyl groups is 5. The lowest BCUT2D eigenvalue weighted by Crippen LogP contribution is -2.61. The monoisotopic (exact) mass is 1220 g/mol. The second-order valence-corrected chi connectivity index (χ2v) is 25.0. The van der Waals surface area contributed by atoms with Crippen molar-refractivity contribution in [3.8, 4) is 0 Å². The van der Waals surface area contributed by atoms with Crippen LogP contribution in [-0.2, 0) is 23.8 Å². The summed E-state index contributed by atoms with van der Waals surface area (Å²) in [5.41, 5.74) is 0. The summed E-state index contributed by atoms with van der Waals surface area (Å²) in [4.78, 5) is 26.7. The summed E-state index contributed by atoms with van der Waals surface area (Å²) in [5.74, 6) is -1.20. The van der Waals surface area contributed by atoms with Crippen LogP contribution in [0.2, 0.25) is 0 Å². The predicted molar refractivity (Wildman–Crippen MR) is 366 cm³/mol. The number of hydrogen-bond donors (Lipinski definition) is 6. The van der Waals surface area contributed by atoms with Crippen molar-refractivity contribution in [2.75, 3.05) is 13.2 Å². The van der Waals surface area contributed by atoms with Crippen LogP contribution in [0.4, 0.5) is 0 Å². The van der Waals surface area contributed by atoms with Crippen molar-refractivity contribution in [3.05, 3.63) is 85.1 Å². The normalized spacial score (nSPS) is 18.7. The standard InChI is InChI=1S/C76H135NO10/c1-4-7-10-13-16-19-22-25-27-29-31-33-34-35-36-37-39-41-43-46-49-52-55-58-61-64-71(81)87-74-73(83)72(82)70(65-78)86-76(74)85-66-67(68(79)62-59-56-53-50-47-44-24-21-18-15-12-9-6-3)77-75(84)69(80)63-60-57-54-51-48-45-42-40-38-32-30-28-26-23-20-17-14-11-8-5-2/h16-17,19-20,25-28,31-33,38,59,62,67-70,72-74,76,78-80,82-83H,4-15,18,21-24,29-30,34-37,39-58,60-61,63-66H2,1-3H3,(H,77,84)/b19-16-,20-17-,27-25-,28-26-,33-31-,38-32-,62-59+. The quantitative estimate of drug-likeness (QED) is 0.0195. The van der Waals surface area contributed by atoms with Crippen molar-refractivity contribution in [1.29, 1.82) is 0 Å². The van der Waals surface area contributed by atoms with Gasteiger partial charge in [0.25, 0.3) is 0 Å². The molecule has 1 heterocycles. The first kappa shape index (κ1) is 81.9. The zero-order valence-corrected chi connectivity index (χ0v) is 56.1. The number of amides is 1. The second kappa shape index (κ2) is 63.0. The zero-order valence-electron chi connectivity index (χ0n) is 56.1. The van der Waals surface area contributed by atoms with E-state index in [4.69, 9.17) is 14.2 Å². The lowest BCUT2D eigenvalue weighted by Gasteiger charge is -2.41. The number of allylic oxidation sites excluding steroid dienone is 13. The van der Waals surface area contributed by atoms with Crippen LogP contribution in [0.25, 0.3) is 0 Å². The molecule has 1 rings (SSSR count). The Morgan fingerprint density at radius 3 is 1.21 bits per heavy atom. The Labute approximate surface area is 533 Å². The molecule has 0 saturated carbocycles. The molecule has 0 aliphatic carbocycles. The van der Waals surface area contributed by atoms with E-state index in [1.54, 1.807) is 6.08 Å². The van der Waals surface area contributed by atoms with E-state index in [9.17, 15) is 35.1 Å². The highest BCUT2D eigenvalue weighted by Crippen LogP contribution is 2.26. The number of aliphatic hydroxyl groups excluding tert-OH is 5. The molecule has 8 unspecified atom stereocenters. The van der Waals surface area contributed by atoms with Crippen LogP contribution in [0.1, 0.15) is 323 Å². The number of carbonyl (C=O) groups excluding carboxylic acids is 2. The van der Waals surface area contributed by atoms with Crippen LogP contribution in [0.15, 0.2) is 85.1 Å². The molecule has 6 N–H and O–H groups in total. The van der Waals surface area contributed by atoms with E-state index in [-0.39, 0.29) is 19.4 Å². The molecule has 87 heavy (non-hydrogen) atoms. The Morgan fingerprint density at radius 1 is 0.448 bits per heavy atom. The minimum atomic E-state index is -1.62.